The zero-order valence-corrected chi connectivity index (χ0v) is 15.0. The third kappa shape index (κ3) is 2.56. The number of benzene rings is 1. The highest BCUT2D eigenvalue weighted by molar-refractivity contribution is 5.89. The standard InChI is InChI=1S/C19H25N5O/c1-23(2)19(11-9-14-6-3-4-7-15(14)19)18(25)20-12-10-17-22-21-16-8-5-13-24(16)17/h3-4,6-7H,5,8-13H2,1-2H3,(H,20,25)/t19-/m1/s1. The van der Waals surface area contributed by atoms with Crippen molar-refractivity contribution in [2.75, 3.05) is 20.6 Å². The van der Waals surface area contributed by atoms with Crippen molar-refractivity contribution in [3.8, 4) is 0 Å². The summed E-state index contributed by atoms with van der Waals surface area (Å²) in [4.78, 5) is 15.2. The molecule has 25 heavy (non-hydrogen) atoms. The quantitative estimate of drug-likeness (QED) is 0.891. The number of aromatic nitrogens is 3. The summed E-state index contributed by atoms with van der Waals surface area (Å²) < 4.78 is 2.19. The van der Waals surface area contributed by atoms with Crippen LogP contribution in [0.3, 0.4) is 0 Å². The molecule has 1 atom stereocenters. The number of fused-ring (bicyclic) bond motifs is 2. The minimum Gasteiger partial charge on any atom is -0.354 e. The zero-order chi connectivity index (χ0) is 17.4. The van der Waals surface area contributed by atoms with E-state index in [-0.39, 0.29) is 5.91 Å². The predicted molar refractivity (Wildman–Crippen MR) is 95.2 cm³/mol. The van der Waals surface area contributed by atoms with Gasteiger partial charge in [0.05, 0.1) is 0 Å². The van der Waals surface area contributed by atoms with Gasteiger partial charge in [0.1, 0.15) is 17.2 Å². The molecule has 0 fully saturated rings. The van der Waals surface area contributed by atoms with Crippen LogP contribution in [0.15, 0.2) is 24.3 Å². The Balaban J connectivity index is 1.48. The maximum Gasteiger partial charge on any atom is 0.245 e. The molecular formula is C19H25N5O. The van der Waals surface area contributed by atoms with Crippen molar-refractivity contribution in [2.24, 2.45) is 0 Å². The lowest BCUT2D eigenvalue weighted by atomic mass is 9.89. The Hall–Kier alpha value is -2.21. The van der Waals surface area contributed by atoms with Gasteiger partial charge in [-0.2, -0.15) is 0 Å². The number of nitrogens with one attached hydrogen (secondary N) is 1. The smallest absolute Gasteiger partial charge is 0.245 e. The summed E-state index contributed by atoms with van der Waals surface area (Å²) in [6.45, 7) is 1.59. The van der Waals surface area contributed by atoms with Crippen molar-refractivity contribution < 1.29 is 4.79 Å². The number of rotatable bonds is 5. The monoisotopic (exact) mass is 339 g/mol. The SMILES string of the molecule is CN(C)[C@]1(C(=O)NCCc2nnc3n2CCC3)CCc2ccccc21. The minimum absolute atomic E-state index is 0.0867. The molecule has 6 nitrogen and oxygen atoms in total. The Labute approximate surface area is 148 Å². The lowest BCUT2D eigenvalue weighted by molar-refractivity contribution is -0.132. The van der Waals surface area contributed by atoms with Gasteiger partial charge in [-0.25, -0.2) is 0 Å². The van der Waals surface area contributed by atoms with Crippen LogP contribution in [-0.2, 0) is 36.1 Å². The van der Waals surface area contributed by atoms with Crippen molar-refractivity contribution in [2.45, 2.75) is 44.2 Å². The van der Waals surface area contributed by atoms with Gasteiger partial charge in [0.25, 0.3) is 0 Å². The molecule has 1 amide bonds. The molecule has 132 valence electrons. The first-order valence-electron chi connectivity index (χ1n) is 9.08. The number of hydrogen-bond donors (Lipinski definition) is 1. The average Bonchev–Trinajstić information content (AvgIpc) is 3.29. The fraction of sp³-hybridized carbons (Fsp3) is 0.526. The first kappa shape index (κ1) is 16.3. The number of carbonyl (C=O) groups is 1. The molecular weight excluding hydrogens is 314 g/mol. The number of amides is 1. The second-order valence-corrected chi connectivity index (χ2v) is 7.21. The molecule has 2 aromatic rings. The van der Waals surface area contributed by atoms with Crippen LogP contribution < -0.4 is 5.32 Å². The van der Waals surface area contributed by atoms with Crippen LogP contribution in [0.1, 0.15) is 35.6 Å². The molecule has 6 heteroatoms. The second-order valence-electron chi connectivity index (χ2n) is 7.21. The number of carbonyl (C=O) groups excluding carboxylic acids is 1. The first-order valence-corrected chi connectivity index (χ1v) is 9.08. The summed E-state index contributed by atoms with van der Waals surface area (Å²) in [5.74, 6) is 2.15. The van der Waals surface area contributed by atoms with E-state index in [1.54, 1.807) is 0 Å². The Kier molecular flexibility index (Phi) is 4.07. The Bertz CT molecular complexity index is 797. The highest BCUT2D eigenvalue weighted by atomic mass is 16.2. The van der Waals surface area contributed by atoms with Crippen molar-refractivity contribution in [3.63, 3.8) is 0 Å². The number of nitrogens with zero attached hydrogens (tertiary/aromatic N) is 4. The van der Waals surface area contributed by atoms with Gasteiger partial charge in [-0.1, -0.05) is 24.3 Å². The van der Waals surface area contributed by atoms with E-state index >= 15 is 0 Å². The maximum absolute atomic E-state index is 13.1. The van der Waals surface area contributed by atoms with Crippen LogP contribution >= 0.6 is 0 Å². The van der Waals surface area contributed by atoms with E-state index in [0.717, 1.165) is 55.9 Å². The number of aryl methyl sites for hydroxylation is 2. The number of hydrogen-bond acceptors (Lipinski definition) is 4. The van der Waals surface area contributed by atoms with Gasteiger partial charge in [0.2, 0.25) is 5.91 Å². The third-order valence-electron chi connectivity index (χ3n) is 5.68. The molecule has 1 aliphatic heterocycles. The van der Waals surface area contributed by atoms with Crippen LogP contribution in [0, 0.1) is 0 Å². The predicted octanol–water partition coefficient (Wildman–Crippen LogP) is 1.29. The van der Waals surface area contributed by atoms with E-state index in [2.05, 4.69) is 37.1 Å². The highest BCUT2D eigenvalue weighted by Crippen LogP contribution is 2.40. The fourth-order valence-corrected chi connectivity index (χ4v) is 4.33. The van der Waals surface area contributed by atoms with Gasteiger partial charge < -0.3 is 9.88 Å². The molecule has 1 aromatic heterocycles. The van der Waals surface area contributed by atoms with E-state index < -0.39 is 5.54 Å². The molecule has 1 aliphatic carbocycles. The lowest BCUT2D eigenvalue weighted by Crippen LogP contribution is -2.52. The third-order valence-corrected chi connectivity index (χ3v) is 5.68. The topological polar surface area (TPSA) is 63.1 Å². The van der Waals surface area contributed by atoms with Crippen LogP contribution in [0.5, 0.6) is 0 Å². The molecule has 4 rings (SSSR count). The summed E-state index contributed by atoms with van der Waals surface area (Å²) in [6.07, 6.45) is 4.65. The highest BCUT2D eigenvalue weighted by Gasteiger charge is 2.46. The Morgan fingerprint density at radius 3 is 2.96 bits per heavy atom. The van der Waals surface area contributed by atoms with Crippen molar-refractivity contribution in [1.29, 1.82) is 0 Å². The number of likely N-dealkylation sites (N-methyl/N-ethyl adjacent to an activating group) is 1. The zero-order valence-electron chi connectivity index (χ0n) is 15.0. The van der Waals surface area contributed by atoms with Gasteiger partial charge in [-0.3, -0.25) is 9.69 Å². The molecule has 0 spiro atoms. The van der Waals surface area contributed by atoms with E-state index in [1.165, 1.54) is 5.56 Å². The van der Waals surface area contributed by atoms with Gasteiger partial charge in [-0.15, -0.1) is 10.2 Å². The molecule has 1 aromatic carbocycles. The molecule has 2 aliphatic rings. The molecule has 0 saturated heterocycles. The first-order chi connectivity index (χ1) is 12.1. The van der Waals surface area contributed by atoms with Crippen molar-refractivity contribution in [3.05, 3.63) is 47.0 Å². The Morgan fingerprint density at radius 1 is 1.28 bits per heavy atom. The fourth-order valence-electron chi connectivity index (χ4n) is 4.33. The summed E-state index contributed by atoms with van der Waals surface area (Å²) in [6, 6.07) is 8.30. The maximum atomic E-state index is 13.1. The second kappa shape index (κ2) is 6.26. The molecule has 2 heterocycles. The van der Waals surface area contributed by atoms with E-state index in [9.17, 15) is 4.79 Å². The van der Waals surface area contributed by atoms with Gasteiger partial charge in [0, 0.05) is 25.9 Å². The van der Waals surface area contributed by atoms with Crippen LogP contribution in [-0.4, -0.2) is 46.2 Å². The van der Waals surface area contributed by atoms with Crippen molar-refractivity contribution in [1.82, 2.24) is 25.0 Å². The van der Waals surface area contributed by atoms with Crippen LogP contribution in [0.4, 0.5) is 0 Å². The minimum atomic E-state index is -0.566. The normalized spacial score (nSPS) is 21.4. The summed E-state index contributed by atoms with van der Waals surface area (Å²) in [7, 11) is 3.99. The summed E-state index contributed by atoms with van der Waals surface area (Å²) in [5.41, 5.74) is 1.85. The summed E-state index contributed by atoms with van der Waals surface area (Å²) >= 11 is 0. The largest absolute Gasteiger partial charge is 0.354 e. The molecule has 0 radical (unpaired) electrons. The lowest BCUT2D eigenvalue weighted by Gasteiger charge is -2.35. The Morgan fingerprint density at radius 2 is 2.12 bits per heavy atom. The molecule has 1 N–H and O–H groups in total. The van der Waals surface area contributed by atoms with E-state index in [0.29, 0.717) is 6.54 Å². The molecule has 0 bridgehead atoms. The van der Waals surface area contributed by atoms with E-state index in [1.807, 2.05) is 26.2 Å². The van der Waals surface area contributed by atoms with Crippen LogP contribution in [0.2, 0.25) is 0 Å². The van der Waals surface area contributed by atoms with E-state index in [4.69, 9.17) is 0 Å². The molecule has 0 saturated carbocycles. The van der Waals surface area contributed by atoms with Gasteiger partial charge in [-0.05, 0) is 44.5 Å². The van der Waals surface area contributed by atoms with Crippen LogP contribution in [0.25, 0.3) is 0 Å². The molecule has 0 unspecified atom stereocenters. The average molecular weight is 339 g/mol. The van der Waals surface area contributed by atoms with Gasteiger partial charge >= 0.3 is 0 Å². The summed E-state index contributed by atoms with van der Waals surface area (Å²) in [5, 5.41) is 11.7. The van der Waals surface area contributed by atoms with Crippen molar-refractivity contribution >= 4 is 5.91 Å². The van der Waals surface area contributed by atoms with Gasteiger partial charge in [0.15, 0.2) is 0 Å².